The summed E-state index contributed by atoms with van der Waals surface area (Å²) < 4.78 is 1.98. The SMILES string of the molecule is C=C/C=c1\c(=C)[nH]c(=S)n2nc(C)c(C#N)c12. The maximum absolute atomic E-state index is 9.17. The first kappa shape index (κ1) is 11.3. The monoisotopic (exact) mass is 242 g/mol. The fourth-order valence-electron chi connectivity index (χ4n) is 1.75. The maximum Gasteiger partial charge on any atom is 0.199 e. The van der Waals surface area contributed by atoms with E-state index in [9.17, 15) is 5.26 Å². The average molecular weight is 242 g/mol. The Hall–Kier alpha value is -2.19. The Kier molecular flexibility index (Phi) is 2.66. The zero-order chi connectivity index (χ0) is 12.6. The van der Waals surface area contributed by atoms with Crippen LogP contribution in [0.4, 0.5) is 0 Å². The Balaban J connectivity index is 3.27. The lowest BCUT2D eigenvalue weighted by Crippen LogP contribution is -2.30. The molecule has 0 saturated heterocycles. The molecule has 0 fully saturated rings. The highest BCUT2D eigenvalue weighted by Gasteiger charge is 2.11. The van der Waals surface area contributed by atoms with Gasteiger partial charge < -0.3 is 4.98 Å². The van der Waals surface area contributed by atoms with Crippen LogP contribution in [0.25, 0.3) is 18.2 Å². The summed E-state index contributed by atoms with van der Waals surface area (Å²) in [6, 6.07) is 2.15. The highest BCUT2D eigenvalue weighted by atomic mass is 32.1. The molecule has 0 saturated carbocycles. The molecule has 0 atom stereocenters. The first-order valence-corrected chi connectivity index (χ1v) is 5.34. The van der Waals surface area contributed by atoms with Crippen molar-refractivity contribution in [3.8, 4) is 6.07 Å². The quantitative estimate of drug-likeness (QED) is 0.757. The van der Waals surface area contributed by atoms with Crippen LogP contribution in [0.15, 0.2) is 12.7 Å². The molecule has 5 heteroatoms. The van der Waals surface area contributed by atoms with Crippen molar-refractivity contribution in [2.24, 2.45) is 0 Å². The smallest absolute Gasteiger partial charge is 0.199 e. The number of rotatable bonds is 1. The van der Waals surface area contributed by atoms with E-state index in [-0.39, 0.29) is 0 Å². The van der Waals surface area contributed by atoms with Gasteiger partial charge in [0.15, 0.2) is 4.77 Å². The molecule has 2 aromatic rings. The van der Waals surface area contributed by atoms with Crippen LogP contribution in [0, 0.1) is 23.0 Å². The van der Waals surface area contributed by atoms with Crippen LogP contribution in [0.2, 0.25) is 0 Å². The predicted molar refractivity (Wildman–Crippen MR) is 69.3 cm³/mol. The van der Waals surface area contributed by atoms with Gasteiger partial charge >= 0.3 is 0 Å². The van der Waals surface area contributed by atoms with Gasteiger partial charge in [0.1, 0.15) is 11.6 Å². The van der Waals surface area contributed by atoms with Gasteiger partial charge in [-0.15, -0.1) is 0 Å². The Morgan fingerprint density at radius 3 is 2.88 bits per heavy atom. The molecule has 2 heterocycles. The molecule has 0 bridgehead atoms. The first-order chi connectivity index (χ1) is 8.10. The molecule has 2 aromatic heterocycles. The fraction of sp³-hybridized carbons (Fsp3) is 0.0833. The van der Waals surface area contributed by atoms with Gasteiger partial charge in [-0.1, -0.05) is 25.3 Å². The minimum Gasteiger partial charge on any atom is -0.331 e. The molecule has 0 amide bonds. The van der Waals surface area contributed by atoms with Crippen LogP contribution in [0.3, 0.4) is 0 Å². The fourth-order valence-corrected chi connectivity index (χ4v) is 2.00. The van der Waals surface area contributed by atoms with E-state index in [4.69, 9.17) is 12.2 Å². The summed E-state index contributed by atoms with van der Waals surface area (Å²) in [4.78, 5) is 2.95. The number of aromatic amines is 1. The number of aryl methyl sites for hydroxylation is 1. The normalized spacial score (nSPS) is 11.6. The first-order valence-electron chi connectivity index (χ1n) is 4.93. The predicted octanol–water partition coefficient (Wildman–Crippen LogP) is 0.949. The van der Waals surface area contributed by atoms with Crippen molar-refractivity contribution in [2.75, 3.05) is 0 Å². The third-order valence-corrected chi connectivity index (χ3v) is 2.76. The Morgan fingerprint density at radius 2 is 2.29 bits per heavy atom. The lowest BCUT2D eigenvalue weighted by atomic mass is 10.2. The number of fused-ring (bicyclic) bond motifs is 1. The summed E-state index contributed by atoms with van der Waals surface area (Å²) in [5.41, 5.74) is 1.85. The third kappa shape index (κ3) is 1.59. The lowest BCUT2D eigenvalue weighted by molar-refractivity contribution is 0.870. The van der Waals surface area contributed by atoms with Gasteiger partial charge in [-0.05, 0) is 19.1 Å². The molecule has 0 aliphatic heterocycles. The van der Waals surface area contributed by atoms with Crippen LogP contribution < -0.4 is 10.6 Å². The van der Waals surface area contributed by atoms with E-state index in [1.54, 1.807) is 23.6 Å². The summed E-state index contributed by atoms with van der Waals surface area (Å²) in [7, 11) is 0. The van der Waals surface area contributed by atoms with Crippen LogP contribution in [-0.2, 0) is 0 Å². The molecule has 1 N–H and O–H groups in total. The molecule has 0 aliphatic rings. The second kappa shape index (κ2) is 4.00. The van der Waals surface area contributed by atoms with E-state index in [0.717, 1.165) is 5.22 Å². The third-order valence-electron chi connectivity index (χ3n) is 2.49. The second-order valence-electron chi connectivity index (χ2n) is 3.56. The van der Waals surface area contributed by atoms with Crippen LogP contribution in [0.5, 0.6) is 0 Å². The number of H-pyrrole nitrogens is 1. The van der Waals surface area contributed by atoms with Crippen molar-refractivity contribution >= 4 is 30.4 Å². The van der Waals surface area contributed by atoms with Crippen LogP contribution in [-0.4, -0.2) is 14.6 Å². The van der Waals surface area contributed by atoms with Gasteiger partial charge in [0.2, 0.25) is 0 Å². The molecule has 2 rings (SSSR count). The van der Waals surface area contributed by atoms with Crippen molar-refractivity contribution in [1.82, 2.24) is 14.6 Å². The number of allylic oxidation sites excluding steroid dienone is 1. The van der Waals surface area contributed by atoms with Gasteiger partial charge in [-0.25, -0.2) is 4.52 Å². The van der Waals surface area contributed by atoms with E-state index in [1.165, 1.54) is 0 Å². The van der Waals surface area contributed by atoms with Gasteiger partial charge in [-0.2, -0.15) is 10.4 Å². The number of nitrogens with zero attached hydrogens (tertiary/aromatic N) is 3. The summed E-state index contributed by atoms with van der Waals surface area (Å²) in [5, 5.41) is 14.9. The average Bonchev–Trinajstić information content (AvgIpc) is 2.61. The molecule has 4 nitrogen and oxygen atoms in total. The second-order valence-corrected chi connectivity index (χ2v) is 3.94. The van der Waals surface area contributed by atoms with E-state index in [2.05, 4.69) is 29.3 Å². The van der Waals surface area contributed by atoms with E-state index in [0.29, 0.717) is 26.9 Å². The zero-order valence-corrected chi connectivity index (χ0v) is 10.1. The number of nitrogens with one attached hydrogen (secondary N) is 1. The standard InChI is InChI=1S/C12H10N4S/c1-4-5-9-7(2)14-12(17)16-11(9)10(6-13)8(3)15-16/h4-5H,1-2H2,3H3,(H,14,17)/b9-5+. The number of hydrogen-bond donors (Lipinski definition) is 1. The summed E-state index contributed by atoms with van der Waals surface area (Å²) in [6.07, 6.45) is 3.43. The Bertz CT molecular complexity index is 817. The van der Waals surface area contributed by atoms with E-state index >= 15 is 0 Å². The molecule has 17 heavy (non-hydrogen) atoms. The molecule has 0 spiro atoms. The van der Waals surface area contributed by atoms with Crippen LogP contribution >= 0.6 is 12.2 Å². The Labute approximate surface area is 103 Å². The molecular weight excluding hydrogens is 232 g/mol. The summed E-state index contributed by atoms with van der Waals surface area (Å²) in [5.74, 6) is 0. The van der Waals surface area contributed by atoms with Gasteiger partial charge in [0, 0.05) is 10.6 Å². The largest absolute Gasteiger partial charge is 0.331 e. The Morgan fingerprint density at radius 1 is 1.59 bits per heavy atom. The van der Waals surface area contributed by atoms with Crippen molar-refractivity contribution in [1.29, 1.82) is 5.26 Å². The van der Waals surface area contributed by atoms with Gasteiger partial charge in [0.25, 0.3) is 0 Å². The molecular formula is C12H10N4S. The molecule has 84 valence electrons. The van der Waals surface area contributed by atoms with E-state index in [1.807, 2.05) is 0 Å². The minimum atomic E-state index is 0.427. The molecule has 0 radical (unpaired) electrons. The number of aromatic nitrogens is 3. The zero-order valence-electron chi connectivity index (χ0n) is 9.32. The van der Waals surface area contributed by atoms with Crippen LogP contribution in [0.1, 0.15) is 11.3 Å². The lowest BCUT2D eigenvalue weighted by Gasteiger charge is -1.96. The highest BCUT2D eigenvalue weighted by molar-refractivity contribution is 7.71. The van der Waals surface area contributed by atoms with Gasteiger partial charge in [0.05, 0.1) is 11.2 Å². The van der Waals surface area contributed by atoms with E-state index < -0.39 is 0 Å². The molecule has 0 unspecified atom stereocenters. The number of hydrogen-bond acceptors (Lipinski definition) is 3. The van der Waals surface area contributed by atoms with Crippen molar-refractivity contribution in [3.63, 3.8) is 0 Å². The van der Waals surface area contributed by atoms with Gasteiger partial charge in [-0.3, -0.25) is 0 Å². The minimum absolute atomic E-state index is 0.427. The van der Waals surface area contributed by atoms with Crippen molar-refractivity contribution in [2.45, 2.75) is 6.92 Å². The number of nitriles is 1. The molecule has 0 aromatic carbocycles. The summed E-state index contributed by atoms with van der Waals surface area (Å²) >= 11 is 5.16. The topological polar surface area (TPSA) is 56.9 Å². The van der Waals surface area contributed by atoms with Crippen molar-refractivity contribution < 1.29 is 0 Å². The highest BCUT2D eigenvalue weighted by Crippen LogP contribution is 2.09. The van der Waals surface area contributed by atoms with Crippen molar-refractivity contribution in [3.05, 3.63) is 39.3 Å². The maximum atomic E-state index is 9.17. The molecule has 0 aliphatic carbocycles. The summed E-state index contributed by atoms with van der Waals surface area (Å²) in [6.45, 7) is 9.31.